The minimum absolute atomic E-state index is 0.0324. The first-order valence-corrected chi connectivity index (χ1v) is 11.8. The number of nitrogens with one attached hydrogen (secondary N) is 2. The highest BCUT2D eigenvalue weighted by Crippen LogP contribution is 2.36. The van der Waals surface area contributed by atoms with Crippen LogP contribution in [-0.2, 0) is 11.0 Å². The average molecular weight is 558 g/mol. The van der Waals surface area contributed by atoms with E-state index in [2.05, 4.69) is 20.4 Å². The zero-order valence-electron chi connectivity index (χ0n) is 20.4. The van der Waals surface area contributed by atoms with Gasteiger partial charge in [0, 0.05) is 24.2 Å². The van der Waals surface area contributed by atoms with Gasteiger partial charge in [-0.1, -0.05) is 35.9 Å². The lowest BCUT2D eigenvalue weighted by Crippen LogP contribution is -2.36. The first-order valence-electron chi connectivity index (χ1n) is 11.4. The molecule has 1 heterocycles. The molecule has 12 heteroatoms. The Bertz CT molecular complexity index is 1210. The Morgan fingerprint density at radius 2 is 1.66 bits per heavy atom. The lowest BCUT2D eigenvalue weighted by Gasteiger charge is -2.23. The lowest BCUT2D eigenvalue weighted by atomic mass is 9.89. The van der Waals surface area contributed by atoms with E-state index < -0.39 is 30.4 Å². The molecule has 2 atom stereocenters. The third-order valence-electron chi connectivity index (χ3n) is 5.78. The van der Waals surface area contributed by atoms with Gasteiger partial charge in [0.25, 0.3) is 0 Å². The van der Waals surface area contributed by atoms with Gasteiger partial charge >= 0.3 is 12.8 Å². The molecular weight excluding hydrogens is 533 g/mol. The predicted molar refractivity (Wildman–Crippen MR) is 132 cm³/mol. The number of likely N-dealkylation sites (N-methyl/N-ethyl adjacent to an activating group) is 1. The van der Waals surface area contributed by atoms with Crippen molar-refractivity contribution in [3.63, 3.8) is 0 Å². The van der Waals surface area contributed by atoms with Crippen molar-refractivity contribution < 1.29 is 36.2 Å². The number of hydrogen-bond acceptors (Lipinski definition) is 5. The van der Waals surface area contributed by atoms with Gasteiger partial charge in [-0.2, -0.15) is 22.0 Å². The molecule has 0 aliphatic rings. The van der Waals surface area contributed by atoms with Gasteiger partial charge in [-0.3, -0.25) is 9.78 Å². The maximum Gasteiger partial charge on any atom is 0.433 e. The molecule has 0 saturated carbocycles. The number of rotatable bonds is 11. The van der Waals surface area contributed by atoms with E-state index in [1.165, 1.54) is 38.4 Å². The molecular formula is C26H25ClF5N3O3. The van der Waals surface area contributed by atoms with E-state index in [-0.39, 0.29) is 24.0 Å². The van der Waals surface area contributed by atoms with E-state index >= 15 is 0 Å². The van der Waals surface area contributed by atoms with Gasteiger partial charge in [-0.05, 0) is 60.0 Å². The van der Waals surface area contributed by atoms with Crippen LogP contribution in [0.25, 0.3) is 0 Å². The van der Waals surface area contributed by atoms with Crippen LogP contribution in [0, 0.1) is 0 Å². The number of carbonyl (C=O) groups excluding carboxylic acids is 1. The quantitative estimate of drug-likeness (QED) is 0.285. The summed E-state index contributed by atoms with van der Waals surface area (Å²) in [4.78, 5) is 16.1. The number of methoxy groups -OCH3 is 1. The maximum absolute atomic E-state index is 13.1. The molecule has 1 amide bonds. The van der Waals surface area contributed by atoms with Crippen LogP contribution in [0.4, 0.5) is 22.0 Å². The fourth-order valence-electron chi connectivity index (χ4n) is 3.93. The van der Waals surface area contributed by atoms with Crippen LogP contribution in [0.3, 0.4) is 0 Å². The second-order valence-corrected chi connectivity index (χ2v) is 8.59. The molecule has 2 aromatic carbocycles. The summed E-state index contributed by atoms with van der Waals surface area (Å²) in [7, 11) is 2.78. The predicted octanol–water partition coefficient (Wildman–Crippen LogP) is 5.96. The van der Waals surface area contributed by atoms with Crippen LogP contribution in [0.2, 0.25) is 5.02 Å². The highest BCUT2D eigenvalue weighted by Gasteiger charge is 2.32. The Balaban J connectivity index is 1.91. The second-order valence-electron chi connectivity index (χ2n) is 8.16. The SMILES string of the molecule is CNC(=O)[C@H](NCC[C@H](c1ccc(C(F)(F)F)nc1)c1ccc(OC(F)F)c(OC)c1)c1ccc(Cl)cc1. The van der Waals surface area contributed by atoms with E-state index in [0.717, 1.165) is 12.3 Å². The monoisotopic (exact) mass is 557 g/mol. The molecule has 0 unspecified atom stereocenters. The molecule has 0 radical (unpaired) electrons. The zero-order valence-corrected chi connectivity index (χ0v) is 21.1. The first-order chi connectivity index (χ1) is 18.0. The molecule has 38 heavy (non-hydrogen) atoms. The highest BCUT2D eigenvalue weighted by atomic mass is 35.5. The van der Waals surface area contributed by atoms with Crippen LogP contribution in [0.1, 0.15) is 40.8 Å². The fraction of sp³-hybridized carbons (Fsp3) is 0.308. The number of hydrogen-bond donors (Lipinski definition) is 2. The standard InChI is InChI=1S/C26H25ClF5N3O3/c1-33-24(36)23(15-3-7-18(27)8-4-15)34-12-11-19(17-6-10-22(35-14-17)26(30,31)32)16-5-9-20(38-25(28)29)21(13-16)37-2/h3-10,13-14,19,23,25,34H,11-12H2,1-2H3,(H,33,36)/t19-,23+/m0/s1. The number of halogens is 6. The van der Waals surface area contributed by atoms with E-state index in [1.807, 2.05) is 0 Å². The maximum atomic E-state index is 13.1. The Morgan fingerprint density at radius 1 is 1.00 bits per heavy atom. The van der Waals surface area contributed by atoms with Gasteiger partial charge in [0.15, 0.2) is 11.5 Å². The molecule has 0 aliphatic heterocycles. The van der Waals surface area contributed by atoms with E-state index in [0.29, 0.717) is 28.1 Å². The molecule has 0 spiro atoms. The number of aromatic nitrogens is 1. The van der Waals surface area contributed by atoms with E-state index in [1.54, 1.807) is 24.3 Å². The van der Waals surface area contributed by atoms with Gasteiger partial charge in [-0.15, -0.1) is 0 Å². The number of pyridine rings is 1. The number of ether oxygens (including phenoxy) is 2. The number of alkyl halides is 5. The molecule has 0 fully saturated rings. The Kier molecular flexibility index (Phi) is 9.87. The van der Waals surface area contributed by atoms with Crippen molar-refractivity contribution in [1.29, 1.82) is 0 Å². The van der Waals surface area contributed by atoms with Gasteiger partial charge in [-0.25, -0.2) is 0 Å². The van der Waals surface area contributed by atoms with Crippen molar-refractivity contribution >= 4 is 17.5 Å². The van der Waals surface area contributed by atoms with Gasteiger partial charge in [0.1, 0.15) is 11.7 Å². The van der Waals surface area contributed by atoms with E-state index in [9.17, 15) is 26.7 Å². The Morgan fingerprint density at radius 3 is 2.21 bits per heavy atom. The van der Waals surface area contributed by atoms with Crippen molar-refractivity contribution in [2.24, 2.45) is 0 Å². The van der Waals surface area contributed by atoms with Crippen molar-refractivity contribution in [2.75, 3.05) is 20.7 Å². The molecule has 1 aromatic heterocycles. The minimum atomic E-state index is -4.60. The Labute approximate surface area is 221 Å². The molecule has 6 nitrogen and oxygen atoms in total. The average Bonchev–Trinajstić information content (AvgIpc) is 2.89. The van der Waals surface area contributed by atoms with Crippen LogP contribution < -0.4 is 20.1 Å². The molecule has 3 rings (SSSR count). The molecule has 2 N–H and O–H groups in total. The van der Waals surface area contributed by atoms with Crippen LogP contribution >= 0.6 is 11.6 Å². The Hall–Kier alpha value is -3.44. The fourth-order valence-corrected chi connectivity index (χ4v) is 4.06. The summed E-state index contributed by atoms with van der Waals surface area (Å²) < 4.78 is 74.4. The van der Waals surface area contributed by atoms with E-state index in [4.69, 9.17) is 16.3 Å². The van der Waals surface area contributed by atoms with Crippen molar-refractivity contribution in [1.82, 2.24) is 15.6 Å². The third-order valence-corrected chi connectivity index (χ3v) is 6.03. The summed E-state index contributed by atoms with van der Waals surface area (Å²) in [6.45, 7) is -2.81. The van der Waals surface area contributed by atoms with Gasteiger partial charge < -0.3 is 20.1 Å². The van der Waals surface area contributed by atoms with Crippen molar-refractivity contribution in [2.45, 2.75) is 31.2 Å². The summed E-state index contributed by atoms with van der Waals surface area (Å²) >= 11 is 5.96. The normalized spacial score (nSPS) is 13.2. The molecule has 0 aliphatic carbocycles. The summed E-state index contributed by atoms with van der Waals surface area (Å²) in [5.74, 6) is -0.973. The zero-order chi connectivity index (χ0) is 27.9. The number of nitrogens with zero attached hydrogens (tertiary/aromatic N) is 1. The largest absolute Gasteiger partial charge is 0.493 e. The summed E-state index contributed by atoms with van der Waals surface area (Å²) in [5, 5.41) is 6.27. The number of benzene rings is 2. The topological polar surface area (TPSA) is 72.5 Å². The van der Waals surface area contributed by atoms with Crippen LogP contribution in [0.15, 0.2) is 60.8 Å². The highest BCUT2D eigenvalue weighted by molar-refractivity contribution is 6.30. The van der Waals surface area contributed by atoms with Crippen LogP contribution in [-0.4, -0.2) is 38.2 Å². The third kappa shape index (κ3) is 7.55. The summed E-state index contributed by atoms with van der Waals surface area (Å²) in [6, 6.07) is 12.5. The van der Waals surface area contributed by atoms with Crippen molar-refractivity contribution in [3.05, 3.63) is 88.2 Å². The van der Waals surface area contributed by atoms with Crippen LogP contribution in [0.5, 0.6) is 11.5 Å². The van der Waals surface area contributed by atoms with Gasteiger partial charge in [0.2, 0.25) is 5.91 Å². The minimum Gasteiger partial charge on any atom is -0.493 e. The lowest BCUT2D eigenvalue weighted by molar-refractivity contribution is -0.141. The second kappa shape index (κ2) is 12.9. The number of carbonyl (C=O) groups is 1. The first kappa shape index (κ1) is 29.1. The van der Waals surface area contributed by atoms with Gasteiger partial charge in [0.05, 0.1) is 7.11 Å². The smallest absolute Gasteiger partial charge is 0.433 e. The molecule has 3 aromatic rings. The molecule has 0 saturated heterocycles. The number of amides is 1. The molecule has 204 valence electrons. The molecule has 0 bridgehead atoms. The van der Waals surface area contributed by atoms with Crippen molar-refractivity contribution in [3.8, 4) is 11.5 Å². The summed E-state index contributed by atoms with van der Waals surface area (Å²) in [6.07, 6.45) is -3.17. The summed E-state index contributed by atoms with van der Waals surface area (Å²) in [5.41, 5.74) is 0.637.